The molecule has 5 rings (SSSR count). The lowest BCUT2D eigenvalue weighted by Crippen LogP contribution is -2.67. The third-order valence-corrected chi connectivity index (χ3v) is 14.2. The number of ether oxygens (including phenoxy) is 3. The van der Waals surface area contributed by atoms with Gasteiger partial charge in [0.15, 0.2) is 12.6 Å². The molecule has 258 valence electrons. The van der Waals surface area contributed by atoms with Gasteiger partial charge in [-0.1, -0.05) is 46.3 Å². The van der Waals surface area contributed by atoms with Gasteiger partial charge in [-0.3, -0.25) is 4.79 Å². The number of ketones is 1. The second kappa shape index (κ2) is 12.2. The first-order valence-electron chi connectivity index (χ1n) is 17.3. The fraction of sp³-hybridized carbons (Fsp3) is 0.917. The minimum absolute atomic E-state index is 0.00374. The Balaban J connectivity index is 1.23. The van der Waals surface area contributed by atoms with Crippen molar-refractivity contribution in [2.24, 2.45) is 45.3 Å². The fourth-order valence-electron chi connectivity index (χ4n) is 11.7. The molecule has 0 amide bonds. The van der Waals surface area contributed by atoms with Crippen molar-refractivity contribution in [3.05, 3.63) is 11.6 Å². The highest BCUT2D eigenvalue weighted by atomic mass is 16.8. The highest BCUT2D eigenvalue weighted by Gasteiger charge is 2.71. The van der Waals surface area contributed by atoms with Crippen LogP contribution in [0.4, 0.5) is 0 Å². The molecule has 1 aliphatic heterocycles. The van der Waals surface area contributed by atoms with E-state index < -0.39 is 48.0 Å². The number of carbonyl (C=O) groups is 1. The van der Waals surface area contributed by atoms with E-state index >= 15 is 0 Å². The Morgan fingerprint density at radius 2 is 1.64 bits per heavy atom. The van der Waals surface area contributed by atoms with Crippen LogP contribution < -0.4 is 0 Å². The number of carbonyl (C=O) groups excluding carboxylic acids is 1. The predicted octanol–water partition coefficient (Wildman–Crippen LogP) is 4.12. The van der Waals surface area contributed by atoms with Crippen molar-refractivity contribution in [3.8, 4) is 0 Å². The van der Waals surface area contributed by atoms with Crippen molar-refractivity contribution >= 4 is 5.78 Å². The Bertz CT molecular complexity index is 1130. The summed E-state index contributed by atoms with van der Waals surface area (Å²) in [5, 5.41) is 54.1. The Kier molecular flexibility index (Phi) is 9.60. The molecule has 1 heterocycles. The number of fused-ring (bicyclic) bond motifs is 5. The summed E-state index contributed by atoms with van der Waals surface area (Å²) in [6.45, 7) is 15.4. The van der Waals surface area contributed by atoms with E-state index in [1.165, 1.54) is 7.11 Å². The number of allylic oxidation sites excluding steroid dienone is 1. The van der Waals surface area contributed by atoms with Crippen LogP contribution in [0.25, 0.3) is 0 Å². The van der Waals surface area contributed by atoms with Gasteiger partial charge in [-0.05, 0) is 99.2 Å². The first-order valence-corrected chi connectivity index (χ1v) is 17.3. The van der Waals surface area contributed by atoms with Crippen LogP contribution in [0.5, 0.6) is 0 Å². The van der Waals surface area contributed by atoms with Crippen LogP contribution in [0, 0.1) is 45.3 Å². The van der Waals surface area contributed by atoms with Gasteiger partial charge in [0.25, 0.3) is 0 Å². The van der Waals surface area contributed by atoms with Crippen molar-refractivity contribution < 1.29 is 44.5 Å². The summed E-state index contributed by atoms with van der Waals surface area (Å²) >= 11 is 0. The van der Waals surface area contributed by atoms with Crippen molar-refractivity contribution in [2.75, 3.05) is 13.7 Å². The van der Waals surface area contributed by atoms with Gasteiger partial charge in [0, 0.05) is 24.9 Å². The van der Waals surface area contributed by atoms with Crippen LogP contribution in [0.15, 0.2) is 11.6 Å². The van der Waals surface area contributed by atoms with E-state index in [0.29, 0.717) is 36.9 Å². The highest BCUT2D eigenvalue weighted by Crippen LogP contribution is 2.75. The van der Waals surface area contributed by atoms with Crippen LogP contribution in [-0.4, -0.2) is 87.6 Å². The molecule has 0 bridgehead atoms. The summed E-state index contributed by atoms with van der Waals surface area (Å²) < 4.78 is 16.2. The molecule has 14 unspecified atom stereocenters. The number of aliphatic hydroxyl groups is 5. The first-order chi connectivity index (χ1) is 20.8. The summed E-state index contributed by atoms with van der Waals surface area (Å²) in [5.41, 5.74) is -0.589. The van der Waals surface area contributed by atoms with Gasteiger partial charge in [0.05, 0.1) is 18.3 Å². The van der Waals surface area contributed by atoms with Gasteiger partial charge in [-0.15, -0.1) is 0 Å². The third kappa shape index (κ3) is 5.59. The van der Waals surface area contributed by atoms with Crippen LogP contribution in [0.3, 0.4) is 0 Å². The molecule has 9 heteroatoms. The minimum atomic E-state index is -1.44. The molecule has 45 heavy (non-hydrogen) atoms. The second-order valence-corrected chi connectivity index (χ2v) is 17.0. The molecule has 14 atom stereocenters. The van der Waals surface area contributed by atoms with E-state index in [2.05, 4.69) is 34.6 Å². The average Bonchev–Trinajstić information content (AvgIpc) is 3.32. The maximum Gasteiger partial charge on any atom is 0.189 e. The number of Topliss-reactive ketones (excluding diaryl/α,β-unsaturated/α-hetero) is 1. The fourth-order valence-corrected chi connectivity index (χ4v) is 11.7. The molecule has 0 aromatic rings. The lowest BCUT2D eigenvalue weighted by atomic mass is 9.35. The van der Waals surface area contributed by atoms with Crippen LogP contribution >= 0.6 is 0 Å². The topological polar surface area (TPSA) is 146 Å². The molecule has 0 aromatic heterocycles. The monoisotopic (exact) mass is 636 g/mol. The lowest BCUT2D eigenvalue weighted by Gasteiger charge is -2.70. The zero-order chi connectivity index (χ0) is 33.3. The average molecular weight is 637 g/mol. The summed E-state index contributed by atoms with van der Waals surface area (Å²) in [4.78, 5) is 13.0. The van der Waals surface area contributed by atoms with E-state index in [0.717, 1.165) is 44.1 Å². The van der Waals surface area contributed by atoms with E-state index in [9.17, 15) is 30.3 Å². The molecule has 4 aliphatic carbocycles. The summed E-state index contributed by atoms with van der Waals surface area (Å²) in [6, 6.07) is 0. The quantitative estimate of drug-likeness (QED) is 0.249. The van der Waals surface area contributed by atoms with Crippen molar-refractivity contribution in [2.45, 2.75) is 149 Å². The van der Waals surface area contributed by atoms with Crippen molar-refractivity contribution in [3.63, 3.8) is 0 Å². The van der Waals surface area contributed by atoms with Crippen LogP contribution in [-0.2, 0) is 19.0 Å². The lowest BCUT2D eigenvalue weighted by molar-refractivity contribution is -0.343. The van der Waals surface area contributed by atoms with Gasteiger partial charge >= 0.3 is 0 Å². The minimum Gasteiger partial charge on any atom is -0.393 e. The molecular weight excluding hydrogens is 576 g/mol. The standard InChI is InChI=1S/C36H60O9/c1-20(19-44-31-28(41)26(39)27(40)30(43-8)45-31)10-9-15-36(7,42)22-13-17-34(5)21(22)11-12-24-33(4)16-14-25(38)32(2,3)29(33)23(37)18-35(24,34)6/h10,21-24,26-31,37,39-42H,9,11-19H2,1-8H3. The molecule has 1 saturated heterocycles. The Morgan fingerprint density at radius 3 is 2.31 bits per heavy atom. The van der Waals surface area contributed by atoms with Gasteiger partial charge in [0.2, 0.25) is 0 Å². The number of methoxy groups -OCH3 is 1. The van der Waals surface area contributed by atoms with Gasteiger partial charge < -0.3 is 39.7 Å². The van der Waals surface area contributed by atoms with Crippen molar-refractivity contribution in [1.29, 1.82) is 0 Å². The molecule has 4 saturated carbocycles. The van der Waals surface area contributed by atoms with Gasteiger partial charge in [-0.25, -0.2) is 0 Å². The first kappa shape index (κ1) is 35.4. The summed E-state index contributed by atoms with van der Waals surface area (Å²) in [5.74, 6) is 1.25. The second-order valence-electron chi connectivity index (χ2n) is 17.0. The Morgan fingerprint density at radius 1 is 0.978 bits per heavy atom. The SMILES string of the molecule is COC1OC(OCC(C)=CCCC(C)(O)C2CCC3(C)C2CCC2C4(C)CCC(=O)C(C)(C)C4C(O)CC23C)C(O)C(O)C1O. The zero-order valence-electron chi connectivity index (χ0n) is 28.8. The predicted molar refractivity (Wildman–Crippen MR) is 169 cm³/mol. The summed E-state index contributed by atoms with van der Waals surface area (Å²) in [6.07, 6.45) is 2.70. The molecular formula is C36H60O9. The highest BCUT2D eigenvalue weighted by molar-refractivity contribution is 5.85. The van der Waals surface area contributed by atoms with Gasteiger partial charge in [-0.2, -0.15) is 0 Å². The molecule has 0 radical (unpaired) electrons. The van der Waals surface area contributed by atoms with E-state index in [4.69, 9.17) is 14.2 Å². The number of aliphatic hydroxyl groups excluding tert-OH is 4. The number of hydrogen-bond donors (Lipinski definition) is 5. The number of rotatable bonds is 8. The van der Waals surface area contributed by atoms with E-state index in [1.54, 1.807) is 0 Å². The summed E-state index contributed by atoms with van der Waals surface area (Å²) in [7, 11) is 1.35. The molecule has 5 N–H and O–H groups in total. The Labute approximate surface area is 269 Å². The molecule has 5 aliphatic rings. The molecule has 9 nitrogen and oxygen atoms in total. The van der Waals surface area contributed by atoms with Crippen molar-refractivity contribution in [1.82, 2.24) is 0 Å². The zero-order valence-corrected chi connectivity index (χ0v) is 28.8. The molecule has 5 fully saturated rings. The molecule has 0 aromatic carbocycles. The van der Waals surface area contributed by atoms with Crippen LogP contribution in [0.1, 0.15) is 106 Å². The van der Waals surface area contributed by atoms with E-state index in [-0.39, 0.29) is 34.7 Å². The number of hydrogen-bond acceptors (Lipinski definition) is 9. The maximum absolute atomic E-state index is 13.0. The van der Waals surface area contributed by atoms with Gasteiger partial charge in [0.1, 0.15) is 24.1 Å². The molecule has 0 spiro atoms. The normalized spacial score (nSPS) is 49.5. The smallest absolute Gasteiger partial charge is 0.189 e. The largest absolute Gasteiger partial charge is 0.393 e. The maximum atomic E-state index is 13.0. The van der Waals surface area contributed by atoms with Crippen LogP contribution in [0.2, 0.25) is 0 Å². The van der Waals surface area contributed by atoms with E-state index in [1.807, 2.05) is 19.9 Å². The third-order valence-electron chi connectivity index (χ3n) is 14.2. The Hall–Kier alpha value is -0.910.